The highest BCUT2D eigenvalue weighted by Crippen LogP contribution is 2.63. The number of hydrogen-bond acceptors (Lipinski definition) is 2. The van der Waals surface area contributed by atoms with Crippen molar-refractivity contribution < 1.29 is 4.79 Å². The summed E-state index contributed by atoms with van der Waals surface area (Å²) in [5.74, 6) is 0.781. The molecule has 1 N–H and O–H groups in total. The molecule has 116 valence electrons. The number of imidazole rings is 1. The van der Waals surface area contributed by atoms with E-state index in [0.717, 1.165) is 17.1 Å². The van der Waals surface area contributed by atoms with E-state index in [0.29, 0.717) is 13.0 Å². The van der Waals surface area contributed by atoms with Crippen LogP contribution in [0.5, 0.6) is 0 Å². The molecule has 1 saturated carbocycles. The van der Waals surface area contributed by atoms with Crippen molar-refractivity contribution in [1.82, 2.24) is 14.9 Å². The second-order valence-electron chi connectivity index (χ2n) is 5.87. The number of nitrogens with one attached hydrogen (secondary N) is 1. The standard InChI is InChI=1S/C16H17Cl2N3O/c1-11-19-7-8-21(11)13-6-4-3-5-12(13)9-20-14(22)15(2)10-16(15,17)18/h3-8H,9-10H2,1-2H3,(H,20,22)/t15-/m1/s1. The lowest BCUT2D eigenvalue weighted by atomic mass is 10.1. The summed E-state index contributed by atoms with van der Waals surface area (Å²) in [6.07, 6.45) is 4.14. The molecule has 1 aliphatic rings. The van der Waals surface area contributed by atoms with Crippen molar-refractivity contribution in [3.05, 3.63) is 48.0 Å². The zero-order chi connectivity index (χ0) is 16.0. The number of halogens is 2. The number of nitrogens with zero attached hydrogens (tertiary/aromatic N) is 2. The first-order valence-electron chi connectivity index (χ1n) is 7.09. The number of hydrogen-bond donors (Lipinski definition) is 1. The second kappa shape index (κ2) is 5.28. The Hall–Kier alpha value is -1.52. The summed E-state index contributed by atoms with van der Waals surface area (Å²) in [6, 6.07) is 7.90. The van der Waals surface area contributed by atoms with Gasteiger partial charge >= 0.3 is 0 Å². The number of aromatic nitrogens is 2. The van der Waals surface area contributed by atoms with Gasteiger partial charge in [0.15, 0.2) is 0 Å². The molecule has 1 fully saturated rings. The van der Waals surface area contributed by atoms with Gasteiger partial charge in [-0.2, -0.15) is 0 Å². The van der Waals surface area contributed by atoms with Gasteiger partial charge in [-0.05, 0) is 31.9 Å². The van der Waals surface area contributed by atoms with Crippen LogP contribution in [0.1, 0.15) is 24.7 Å². The summed E-state index contributed by atoms with van der Waals surface area (Å²) in [7, 11) is 0. The molecule has 1 aliphatic carbocycles. The molecule has 2 aromatic rings. The molecule has 6 heteroatoms. The maximum atomic E-state index is 12.3. The van der Waals surface area contributed by atoms with E-state index < -0.39 is 9.75 Å². The number of rotatable bonds is 4. The topological polar surface area (TPSA) is 46.9 Å². The number of amides is 1. The third-order valence-corrected chi connectivity index (χ3v) is 5.38. The van der Waals surface area contributed by atoms with Gasteiger partial charge in [0, 0.05) is 18.9 Å². The average molecular weight is 338 g/mol. The summed E-state index contributed by atoms with van der Waals surface area (Å²) in [6.45, 7) is 4.15. The molecule has 0 aliphatic heterocycles. The Bertz CT molecular complexity index is 726. The minimum atomic E-state index is -0.947. The number of aryl methyl sites for hydroxylation is 1. The Morgan fingerprint density at radius 3 is 2.68 bits per heavy atom. The molecule has 0 unspecified atom stereocenters. The number of carbonyl (C=O) groups is 1. The predicted octanol–water partition coefficient (Wildman–Crippen LogP) is 3.38. The van der Waals surface area contributed by atoms with E-state index >= 15 is 0 Å². The number of benzene rings is 1. The van der Waals surface area contributed by atoms with Crippen LogP contribution >= 0.6 is 23.2 Å². The normalized spacial score (nSPS) is 22.4. The van der Waals surface area contributed by atoms with Crippen LogP contribution in [-0.4, -0.2) is 19.8 Å². The summed E-state index contributed by atoms with van der Waals surface area (Å²) in [4.78, 5) is 16.5. The molecule has 1 aromatic heterocycles. The summed E-state index contributed by atoms with van der Waals surface area (Å²) in [5, 5.41) is 2.94. The first-order valence-corrected chi connectivity index (χ1v) is 7.85. The Labute approximate surface area is 139 Å². The minimum absolute atomic E-state index is 0.116. The predicted molar refractivity (Wildman–Crippen MR) is 87.3 cm³/mol. The third-order valence-electron chi connectivity index (χ3n) is 4.28. The Balaban J connectivity index is 1.77. The molecule has 0 bridgehead atoms. The largest absolute Gasteiger partial charge is 0.351 e. The molecule has 3 rings (SSSR count). The molecule has 22 heavy (non-hydrogen) atoms. The minimum Gasteiger partial charge on any atom is -0.351 e. The monoisotopic (exact) mass is 337 g/mol. The number of para-hydroxylation sites is 1. The highest BCUT2D eigenvalue weighted by atomic mass is 35.5. The lowest BCUT2D eigenvalue weighted by Gasteiger charge is -2.15. The van der Waals surface area contributed by atoms with E-state index in [1.807, 2.05) is 42.0 Å². The van der Waals surface area contributed by atoms with Gasteiger partial charge in [-0.15, -0.1) is 23.2 Å². The summed E-state index contributed by atoms with van der Waals surface area (Å²) in [5.41, 5.74) is 1.31. The Morgan fingerprint density at radius 2 is 2.09 bits per heavy atom. The molecule has 1 atom stereocenters. The van der Waals surface area contributed by atoms with Gasteiger partial charge in [0.05, 0.1) is 11.1 Å². The van der Waals surface area contributed by atoms with Crippen molar-refractivity contribution in [2.75, 3.05) is 0 Å². The molecule has 0 radical (unpaired) electrons. The van der Waals surface area contributed by atoms with Crippen LogP contribution in [0, 0.1) is 12.3 Å². The lowest BCUT2D eigenvalue weighted by Crippen LogP contribution is -2.33. The van der Waals surface area contributed by atoms with Crippen LogP contribution in [0.25, 0.3) is 5.69 Å². The van der Waals surface area contributed by atoms with Crippen LogP contribution < -0.4 is 5.32 Å². The quantitative estimate of drug-likeness (QED) is 0.869. The van der Waals surface area contributed by atoms with Crippen LogP contribution in [0.4, 0.5) is 0 Å². The Kier molecular flexibility index (Phi) is 3.69. The molecule has 0 spiro atoms. The van der Waals surface area contributed by atoms with Crippen LogP contribution in [0.2, 0.25) is 0 Å². The van der Waals surface area contributed by atoms with Crippen LogP contribution in [0.3, 0.4) is 0 Å². The Morgan fingerprint density at radius 1 is 1.41 bits per heavy atom. The first kappa shape index (κ1) is 15.4. The fourth-order valence-corrected chi connectivity index (χ4v) is 3.25. The maximum absolute atomic E-state index is 12.3. The third kappa shape index (κ3) is 2.50. The first-order chi connectivity index (χ1) is 10.3. The average Bonchev–Trinajstić information content (AvgIpc) is 2.82. The van der Waals surface area contributed by atoms with Crippen molar-refractivity contribution in [3.63, 3.8) is 0 Å². The zero-order valence-corrected chi connectivity index (χ0v) is 13.9. The number of alkyl halides is 2. The van der Waals surface area contributed by atoms with Crippen molar-refractivity contribution in [2.45, 2.75) is 31.1 Å². The fourth-order valence-electron chi connectivity index (χ4n) is 2.54. The summed E-state index contributed by atoms with van der Waals surface area (Å²) < 4.78 is 1.05. The lowest BCUT2D eigenvalue weighted by molar-refractivity contribution is -0.125. The molecule has 1 aromatic carbocycles. The highest BCUT2D eigenvalue weighted by molar-refractivity contribution is 6.53. The molecular weight excluding hydrogens is 321 g/mol. The van der Waals surface area contributed by atoms with Gasteiger partial charge in [0.2, 0.25) is 5.91 Å². The van der Waals surface area contributed by atoms with Gasteiger partial charge in [0.25, 0.3) is 0 Å². The van der Waals surface area contributed by atoms with Gasteiger partial charge in [0.1, 0.15) is 10.2 Å². The molecule has 0 saturated heterocycles. The van der Waals surface area contributed by atoms with Gasteiger partial charge in [-0.25, -0.2) is 4.98 Å². The molecule has 4 nitrogen and oxygen atoms in total. The zero-order valence-electron chi connectivity index (χ0n) is 12.4. The van der Waals surface area contributed by atoms with Gasteiger partial charge < -0.3 is 9.88 Å². The second-order valence-corrected chi connectivity index (χ2v) is 7.35. The van der Waals surface area contributed by atoms with E-state index in [4.69, 9.17) is 23.2 Å². The molecule has 1 heterocycles. The highest BCUT2D eigenvalue weighted by Gasteiger charge is 2.67. The van der Waals surface area contributed by atoms with Crippen LogP contribution in [-0.2, 0) is 11.3 Å². The maximum Gasteiger partial charge on any atom is 0.229 e. The van der Waals surface area contributed by atoms with Crippen molar-refractivity contribution in [1.29, 1.82) is 0 Å². The van der Waals surface area contributed by atoms with Crippen LogP contribution in [0.15, 0.2) is 36.7 Å². The van der Waals surface area contributed by atoms with Crippen molar-refractivity contribution in [2.24, 2.45) is 5.41 Å². The van der Waals surface area contributed by atoms with Crippen molar-refractivity contribution >= 4 is 29.1 Å². The van der Waals surface area contributed by atoms with E-state index in [-0.39, 0.29) is 5.91 Å². The molecular formula is C16H17Cl2N3O. The fraction of sp³-hybridized carbons (Fsp3) is 0.375. The summed E-state index contributed by atoms with van der Waals surface area (Å²) >= 11 is 12.1. The van der Waals surface area contributed by atoms with Crippen molar-refractivity contribution in [3.8, 4) is 5.69 Å². The number of carbonyl (C=O) groups excluding carboxylic acids is 1. The van der Waals surface area contributed by atoms with Gasteiger partial charge in [-0.3, -0.25) is 4.79 Å². The SMILES string of the molecule is Cc1nccn1-c1ccccc1CNC(=O)[C@@]1(C)CC1(Cl)Cl. The smallest absolute Gasteiger partial charge is 0.229 e. The van der Waals surface area contributed by atoms with E-state index in [1.54, 1.807) is 13.1 Å². The van der Waals surface area contributed by atoms with E-state index in [1.165, 1.54) is 0 Å². The van der Waals surface area contributed by atoms with E-state index in [2.05, 4.69) is 10.3 Å². The van der Waals surface area contributed by atoms with Gasteiger partial charge in [-0.1, -0.05) is 18.2 Å². The van der Waals surface area contributed by atoms with E-state index in [9.17, 15) is 4.79 Å². The molecule has 1 amide bonds.